The number of rotatable bonds is 10. The predicted octanol–water partition coefficient (Wildman–Crippen LogP) is 4.27. The van der Waals surface area contributed by atoms with Crippen molar-refractivity contribution in [3.05, 3.63) is 23.4 Å². The molecule has 0 aromatic carbocycles. The summed E-state index contributed by atoms with van der Waals surface area (Å²) >= 11 is 0. The van der Waals surface area contributed by atoms with Gasteiger partial charge in [-0.1, -0.05) is 32.4 Å². The number of carbonyl (C=O) groups excluding carboxylic acids is 1. The van der Waals surface area contributed by atoms with Crippen LogP contribution in [0.2, 0.25) is 0 Å². The monoisotopic (exact) mass is 387 g/mol. The van der Waals surface area contributed by atoms with Gasteiger partial charge >= 0.3 is 5.97 Å². The minimum Gasteiger partial charge on any atom is -0.462 e. The molecule has 2 unspecified atom stereocenters. The quantitative estimate of drug-likeness (QED) is 0.524. The van der Waals surface area contributed by atoms with Crippen LogP contribution in [0.15, 0.2) is 23.4 Å². The van der Waals surface area contributed by atoms with Crippen LogP contribution < -0.4 is 0 Å². The Hall–Kier alpha value is -1.80. The number of hydrogen-bond acceptors (Lipinski definition) is 5. The topological polar surface area (TPSA) is 56.6 Å². The van der Waals surface area contributed by atoms with E-state index < -0.39 is 0 Å². The fourth-order valence-corrected chi connectivity index (χ4v) is 4.34. The maximum Gasteiger partial charge on any atom is 0.312 e. The number of carbonyl (C=O) groups is 1. The van der Waals surface area contributed by atoms with E-state index in [2.05, 4.69) is 49.9 Å². The third-order valence-electron chi connectivity index (χ3n) is 6.38. The minimum absolute atomic E-state index is 0.0230. The van der Waals surface area contributed by atoms with Crippen LogP contribution in [0.5, 0.6) is 0 Å². The smallest absolute Gasteiger partial charge is 0.312 e. The Balaban J connectivity index is 1.72. The van der Waals surface area contributed by atoms with Crippen molar-refractivity contribution in [2.24, 2.45) is 5.41 Å². The van der Waals surface area contributed by atoms with E-state index in [0.29, 0.717) is 0 Å². The zero-order chi connectivity index (χ0) is 20.6. The van der Waals surface area contributed by atoms with Crippen LogP contribution in [-0.2, 0) is 9.53 Å². The highest BCUT2D eigenvalue weighted by atomic mass is 16.6. The Kier molecular flexibility index (Phi) is 8.57. The summed E-state index contributed by atoms with van der Waals surface area (Å²) in [6, 6.07) is 2.28. The van der Waals surface area contributed by atoms with E-state index in [1.54, 1.807) is 0 Å². The fourth-order valence-electron chi connectivity index (χ4n) is 4.34. The van der Waals surface area contributed by atoms with Gasteiger partial charge in [0.2, 0.25) is 0 Å². The molecule has 0 amide bonds. The van der Waals surface area contributed by atoms with Crippen molar-refractivity contribution >= 4 is 5.97 Å². The molecule has 1 aliphatic carbocycles. The van der Waals surface area contributed by atoms with E-state index in [4.69, 9.17) is 10.00 Å². The molecule has 0 radical (unpaired) electrons. The van der Waals surface area contributed by atoms with Gasteiger partial charge in [-0.05, 0) is 45.6 Å². The van der Waals surface area contributed by atoms with Crippen molar-refractivity contribution in [3.8, 4) is 6.07 Å². The van der Waals surface area contributed by atoms with Crippen LogP contribution >= 0.6 is 0 Å². The second-order valence-corrected chi connectivity index (χ2v) is 8.40. The van der Waals surface area contributed by atoms with Crippen molar-refractivity contribution in [3.63, 3.8) is 0 Å². The first-order valence-corrected chi connectivity index (χ1v) is 10.8. The molecule has 0 aromatic rings. The SMILES string of the molecule is CCCC1(CC)CC(CCN(C)CCN(C)C2=CCC=C(C#N)CC2)OC1=O. The van der Waals surface area contributed by atoms with Gasteiger partial charge in [-0.15, -0.1) is 0 Å². The second-order valence-electron chi connectivity index (χ2n) is 8.40. The first-order valence-electron chi connectivity index (χ1n) is 10.8. The number of hydrogen-bond donors (Lipinski definition) is 0. The maximum absolute atomic E-state index is 12.4. The summed E-state index contributed by atoms with van der Waals surface area (Å²) in [6.07, 6.45) is 11.6. The van der Waals surface area contributed by atoms with Crippen LogP contribution in [0.3, 0.4) is 0 Å². The number of nitrogens with zero attached hydrogens (tertiary/aromatic N) is 3. The molecular weight excluding hydrogens is 350 g/mol. The first kappa shape index (κ1) is 22.5. The molecule has 1 aliphatic heterocycles. The number of nitriles is 1. The third-order valence-corrected chi connectivity index (χ3v) is 6.38. The summed E-state index contributed by atoms with van der Waals surface area (Å²) < 4.78 is 5.71. The molecule has 1 fully saturated rings. The molecule has 0 N–H and O–H groups in total. The molecule has 1 saturated heterocycles. The van der Waals surface area contributed by atoms with Crippen LogP contribution in [0, 0.1) is 16.7 Å². The molecule has 1 heterocycles. The van der Waals surface area contributed by atoms with Gasteiger partial charge in [0.15, 0.2) is 0 Å². The van der Waals surface area contributed by atoms with E-state index in [1.807, 2.05) is 6.08 Å². The van der Waals surface area contributed by atoms with Crippen LogP contribution in [0.1, 0.15) is 65.2 Å². The lowest BCUT2D eigenvalue weighted by Gasteiger charge is -2.26. The van der Waals surface area contributed by atoms with Gasteiger partial charge in [0.1, 0.15) is 6.10 Å². The summed E-state index contributed by atoms with van der Waals surface area (Å²) in [5.41, 5.74) is 1.99. The summed E-state index contributed by atoms with van der Waals surface area (Å²) in [6.45, 7) is 7.13. The summed E-state index contributed by atoms with van der Waals surface area (Å²) in [5.74, 6) is 0.0230. The molecule has 0 bridgehead atoms. The standard InChI is InChI=1S/C23H37N3O2/c1-5-13-23(6-2)17-21(28-22(23)27)12-14-25(3)15-16-26(4)20-9-7-8-19(18-24)10-11-20/h8-9,21H,5-7,10-17H2,1-4H3. The highest BCUT2D eigenvalue weighted by molar-refractivity contribution is 5.79. The molecule has 0 aromatic heterocycles. The zero-order valence-corrected chi connectivity index (χ0v) is 18.2. The molecule has 28 heavy (non-hydrogen) atoms. The van der Waals surface area contributed by atoms with Crippen molar-refractivity contribution < 1.29 is 9.53 Å². The van der Waals surface area contributed by atoms with Crippen molar-refractivity contribution in [2.75, 3.05) is 33.7 Å². The average molecular weight is 388 g/mol. The maximum atomic E-state index is 12.4. The fraction of sp³-hybridized carbons (Fsp3) is 0.739. The van der Waals surface area contributed by atoms with Crippen LogP contribution in [-0.4, -0.2) is 55.6 Å². The number of ether oxygens (including phenoxy) is 1. The Bertz CT molecular complexity index is 634. The van der Waals surface area contributed by atoms with Crippen LogP contribution in [0.25, 0.3) is 0 Å². The molecule has 0 saturated carbocycles. The van der Waals surface area contributed by atoms with Crippen LogP contribution in [0.4, 0.5) is 0 Å². The van der Waals surface area contributed by atoms with E-state index in [0.717, 1.165) is 76.6 Å². The van der Waals surface area contributed by atoms with Crippen molar-refractivity contribution in [2.45, 2.75) is 71.3 Å². The molecule has 5 heteroatoms. The normalized spacial score (nSPS) is 25.0. The molecule has 5 nitrogen and oxygen atoms in total. The molecule has 156 valence electrons. The van der Waals surface area contributed by atoms with E-state index >= 15 is 0 Å². The Morgan fingerprint density at radius 1 is 1.21 bits per heavy atom. The average Bonchev–Trinajstić information content (AvgIpc) is 2.86. The Morgan fingerprint density at radius 2 is 2.00 bits per heavy atom. The van der Waals surface area contributed by atoms with Gasteiger partial charge in [0, 0.05) is 44.4 Å². The first-order chi connectivity index (χ1) is 13.4. The third kappa shape index (κ3) is 5.85. The molecule has 2 atom stereocenters. The van der Waals surface area contributed by atoms with Gasteiger partial charge in [0.25, 0.3) is 0 Å². The molecule has 2 aliphatic rings. The summed E-state index contributed by atoms with van der Waals surface area (Å²) in [5, 5.41) is 9.07. The van der Waals surface area contributed by atoms with E-state index in [1.165, 1.54) is 5.70 Å². The van der Waals surface area contributed by atoms with Gasteiger partial charge in [-0.25, -0.2) is 0 Å². The molecule has 0 spiro atoms. The molecular formula is C23H37N3O2. The van der Waals surface area contributed by atoms with E-state index in [-0.39, 0.29) is 17.5 Å². The lowest BCUT2D eigenvalue weighted by atomic mass is 9.78. The lowest BCUT2D eigenvalue weighted by molar-refractivity contribution is -0.149. The highest BCUT2D eigenvalue weighted by Crippen LogP contribution is 2.42. The number of esters is 1. The van der Waals surface area contributed by atoms with Crippen molar-refractivity contribution in [1.82, 2.24) is 9.80 Å². The minimum atomic E-state index is -0.236. The summed E-state index contributed by atoms with van der Waals surface area (Å²) in [7, 11) is 4.27. The Morgan fingerprint density at radius 3 is 2.68 bits per heavy atom. The number of cyclic esters (lactones) is 1. The largest absolute Gasteiger partial charge is 0.462 e. The number of allylic oxidation sites excluding steroid dienone is 4. The zero-order valence-electron chi connectivity index (χ0n) is 18.2. The van der Waals surface area contributed by atoms with Gasteiger partial charge in [0.05, 0.1) is 11.5 Å². The predicted molar refractivity (Wildman–Crippen MR) is 113 cm³/mol. The molecule has 2 rings (SSSR count). The van der Waals surface area contributed by atoms with Crippen molar-refractivity contribution in [1.29, 1.82) is 5.26 Å². The Labute approximate surface area is 171 Å². The van der Waals surface area contributed by atoms with E-state index in [9.17, 15) is 4.79 Å². The summed E-state index contributed by atoms with van der Waals surface area (Å²) in [4.78, 5) is 17.0. The number of likely N-dealkylation sites (N-methyl/N-ethyl adjacent to an activating group) is 2. The lowest BCUT2D eigenvalue weighted by Crippen LogP contribution is -2.32. The van der Waals surface area contributed by atoms with Gasteiger partial charge in [-0.3, -0.25) is 4.79 Å². The van der Waals surface area contributed by atoms with Gasteiger partial charge < -0.3 is 14.5 Å². The highest BCUT2D eigenvalue weighted by Gasteiger charge is 2.46. The van der Waals surface area contributed by atoms with Gasteiger partial charge in [-0.2, -0.15) is 5.26 Å². The second kappa shape index (κ2) is 10.7.